The Kier molecular flexibility index (Phi) is 3.83. The van der Waals surface area contributed by atoms with E-state index in [1.54, 1.807) is 53.1 Å². The van der Waals surface area contributed by atoms with Crippen LogP contribution in [-0.2, 0) is 0 Å². The van der Waals surface area contributed by atoms with Gasteiger partial charge in [-0.15, -0.1) is 11.8 Å². The highest BCUT2D eigenvalue weighted by atomic mass is 32.2. The van der Waals surface area contributed by atoms with Gasteiger partial charge in [-0.05, 0) is 24.0 Å². The monoisotopic (exact) mass is 299 g/mol. The molecule has 1 N–H and O–H groups in total. The fourth-order valence-corrected chi connectivity index (χ4v) is 2.45. The van der Waals surface area contributed by atoms with Crippen LogP contribution in [0.1, 0.15) is 17.3 Å². The number of nitrogens with one attached hydrogen (secondary N) is 1. The number of carbonyl (C=O) groups excluding carboxylic acids is 1. The average Bonchev–Trinajstić information content (AvgIpc) is 2.98. The van der Waals surface area contributed by atoms with E-state index in [0.717, 1.165) is 10.8 Å². The van der Waals surface area contributed by atoms with Gasteiger partial charge >= 0.3 is 0 Å². The highest BCUT2D eigenvalue weighted by Crippen LogP contribution is 2.15. The number of thioether (sulfide) groups is 1. The maximum absolute atomic E-state index is 12.2. The largest absolute Gasteiger partial charge is 0.306 e. The van der Waals surface area contributed by atoms with Gasteiger partial charge in [0.05, 0.1) is 16.8 Å². The number of rotatable bonds is 4. The Hall–Kier alpha value is -2.41. The van der Waals surface area contributed by atoms with Gasteiger partial charge in [0, 0.05) is 18.5 Å². The predicted octanol–water partition coefficient (Wildman–Crippen LogP) is 2.49. The minimum absolute atomic E-state index is 0.224. The molecule has 0 saturated carbocycles. The van der Waals surface area contributed by atoms with E-state index in [4.69, 9.17) is 0 Å². The fraction of sp³-hybridized carbons (Fsp3) is 0.143. The van der Waals surface area contributed by atoms with Gasteiger partial charge in [0.15, 0.2) is 5.65 Å². The molecule has 0 saturated heterocycles. The molecule has 7 heteroatoms. The van der Waals surface area contributed by atoms with Crippen LogP contribution in [0.2, 0.25) is 0 Å². The summed E-state index contributed by atoms with van der Waals surface area (Å²) in [6.45, 7) is 2.06. The van der Waals surface area contributed by atoms with Crippen molar-refractivity contribution < 1.29 is 4.79 Å². The second-order valence-electron chi connectivity index (χ2n) is 4.20. The van der Waals surface area contributed by atoms with Crippen LogP contribution in [0.5, 0.6) is 0 Å². The molecule has 0 aliphatic heterocycles. The molecular formula is C14H13N5OS. The van der Waals surface area contributed by atoms with Gasteiger partial charge < -0.3 is 5.32 Å². The number of fused-ring (bicyclic) bond motifs is 1. The second kappa shape index (κ2) is 5.92. The van der Waals surface area contributed by atoms with Crippen LogP contribution in [0.25, 0.3) is 5.65 Å². The zero-order valence-corrected chi connectivity index (χ0v) is 12.2. The van der Waals surface area contributed by atoms with Crippen molar-refractivity contribution in [3.63, 3.8) is 0 Å². The van der Waals surface area contributed by atoms with E-state index in [1.165, 1.54) is 0 Å². The van der Waals surface area contributed by atoms with Crippen LogP contribution >= 0.6 is 11.8 Å². The maximum Gasteiger partial charge on any atom is 0.258 e. The number of aromatic nitrogens is 4. The Balaban J connectivity index is 1.81. The lowest BCUT2D eigenvalue weighted by molar-refractivity contribution is 0.102. The molecule has 3 aromatic rings. The lowest BCUT2D eigenvalue weighted by atomic mass is 10.3. The van der Waals surface area contributed by atoms with Gasteiger partial charge in [-0.25, -0.2) is 9.97 Å². The standard InChI is InChI=1S/C14H13N5OS/c1-2-21-13-4-3-10(9-16-13)14(20)18-12-5-7-15-11-6-8-17-19(11)12/h3-9H,2H2,1H3,(H,18,20). The lowest BCUT2D eigenvalue weighted by Gasteiger charge is -2.07. The zero-order valence-electron chi connectivity index (χ0n) is 11.4. The molecule has 3 rings (SSSR count). The van der Waals surface area contributed by atoms with E-state index in [2.05, 4.69) is 27.3 Å². The summed E-state index contributed by atoms with van der Waals surface area (Å²) in [6.07, 6.45) is 4.84. The molecule has 0 bridgehead atoms. The number of hydrogen-bond donors (Lipinski definition) is 1. The van der Waals surface area contributed by atoms with E-state index in [-0.39, 0.29) is 5.91 Å². The Bertz CT molecular complexity index is 768. The molecule has 3 aromatic heterocycles. The SMILES string of the molecule is CCSc1ccc(C(=O)Nc2ccnc3ccnn23)cn1. The molecule has 0 unspecified atom stereocenters. The first-order valence-electron chi connectivity index (χ1n) is 6.47. The fourth-order valence-electron chi connectivity index (χ4n) is 1.87. The van der Waals surface area contributed by atoms with Gasteiger partial charge in [-0.1, -0.05) is 6.92 Å². The Morgan fingerprint density at radius 2 is 2.14 bits per heavy atom. The first-order valence-corrected chi connectivity index (χ1v) is 7.45. The van der Waals surface area contributed by atoms with Crippen molar-refractivity contribution in [2.45, 2.75) is 11.9 Å². The number of pyridine rings is 1. The molecule has 1 amide bonds. The van der Waals surface area contributed by atoms with Gasteiger partial charge in [-0.2, -0.15) is 9.61 Å². The van der Waals surface area contributed by atoms with Crippen LogP contribution in [-0.4, -0.2) is 31.2 Å². The van der Waals surface area contributed by atoms with E-state index in [9.17, 15) is 4.79 Å². The van der Waals surface area contributed by atoms with Gasteiger partial charge in [0.2, 0.25) is 0 Å². The summed E-state index contributed by atoms with van der Waals surface area (Å²) in [6, 6.07) is 7.08. The summed E-state index contributed by atoms with van der Waals surface area (Å²) in [5.41, 5.74) is 1.19. The van der Waals surface area contributed by atoms with Crippen molar-refractivity contribution >= 4 is 29.1 Å². The minimum Gasteiger partial charge on any atom is -0.306 e. The topological polar surface area (TPSA) is 72.2 Å². The van der Waals surface area contributed by atoms with Gasteiger partial charge in [0.1, 0.15) is 5.82 Å². The quantitative estimate of drug-likeness (QED) is 0.749. The van der Waals surface area contributed by atoms with E-state index >= 15 is 0 Å². The third-order valence-corrected chi connectivity index (χ3v) is 3.65. The number of carbonyl (C=O) groups is 1. The maximum atomic E-state index is 12.2. The summed E-state index contributed by atoms with van der Waals surface area (Å²) in [4.78, 5) is 20.6. The molecule has 0 radical (unpaired) electrons. The Labute approximate surface area is 125 Å². The van der Waals surface area contributed by atoms with Crippen LogP contribution < -0.4 is 5.32 Å². The van der Waals surface area contributed by atoms with Crippen LogP contribution in [0.4, 0.5) is 5.82 Å². The summed E-state index contributed by atoms with van der Waals surface area (Å²) >= 11 is 1.64. The third kappa shape index (κ3) is 2.87. The van der Waals surface area contributed by atoms with Crippen molar-refractivity contribution in [2.24, 2.45) is 0 Å². The predicted molar refractivity (Wildman–Crippen MR) is 81.6 cm³/mol. The number of amides is 1. The van der Waals surface area contributed by atoms with Crippen LogP contribution in [0.15, 0.2) is 47.9 Å². The number of hydrogen-bond acceptors (Lipinski definition) is 5. The van der Waals surface area contributed by atoms with E-state index in [1.807, 2.05) is 6.07 Å². The summed E-state index contributed by atoms with van der Waals surface area (Å²) in [5, 5.41) is 7.85. The van der Waals surface area contributed by atoms with Crippen molar-refractivity contribution in [1.29, 1.82) is 0 Å². The number of nitrogens with zero attached hydrogens (tertiary/aromatic N) is 4. The Morgan fingerprint density at radius 1 is 1.24 bits per heavy atom. The van der Waals surface area contributed by atoms with E-state index < -0.39 is 0 Å². The summed E-state index contributed by atoms with van der Waals surface area (Å²) in [7, 11) is 0. The normalized spacial score (nSPS) is 10.7. The van der Waals surface area contributed by atoms with Crippen molar-refractivity contribution in [3.8, 4) is 0 Å². The third-order valence-electron chi connectivity index (χ3n) is 2.82. The first-order chi connectivity index (χ1) is 10.3. The average molecular weight is 299 g/mol. The minimum atomic E-state index is -0.224. The highest BCUT2D eigenvalue weighted by molar-refractivity contribution is 7.99. The molecule has 0 fully saturated rings. The molecule has 106 valence electrons. The lowest BCUT2D eigenvalue weighted by Crippen LogP contribution is -2.15. The van der Waals surface area contributed by atoms with Crippen molar-refractivity contribution in [2.75, 3.05) is 11.1 Å². The van der Waals surface area contributed by atoms with Crippen LogP contribution in [0.3, 0.4) is 0 Å². The molecular weight excluding hydrogens is 286 g/mol. The molecule has 0 aliphatic carbocycles. The smallest absolute Gasteiger partial charge is 0.258 e. The molecule has 6 nitrogen and oxygen atoms in total. The highest BCUT2D eigenvalue weighted by Gasteiger charge is 2.09. The van der Waals surface area contributed by atoms with Crippen LogP contribution in [0, 0.1) is 0 Å². The second-order valence-corrected chi connectivity index (χ2v) is 5.49. The number of anilines is 1. The summed E-state index contributed by atoms with van der Waals surface area (Å²) < 4.78 is 1.58. The molecule has 21 heavy (non-hydrogen) atoms. The molecule has 0 aliphatic rings. The van der Waals surface area contributed by atoms with Crippen molar-refractivity contribution in [3.05, 3.63) is 48.4 Å². The van der Waals surface area contributed by atoms with Gasteiger partial charge in [0.25, 0.3) is 5.91 Å². The van der Waals surface area contributed by atoms with Gasteiger partial charge in [-0.3, -0.25) is 4.79 Å². The first kappa shape index (κ1) is 13.6. The van der Waals surface area contributed by atoms with E-state index in [0.29, 0.717) is 17.0 Å². The molecule has 0 atom stereocenters. The van der Waals surface area contributed by atoms with Crippen molar-refractivity contribution in [1.82, 2.24) is 19.6 Å². The summed E-state index contributed by atoms with van der Waals surface area (Å²) in [5.74, 6) is 1.30. The molecule has 0 spiro atoms. The zero-order chi connectivity index (χ0) is 14.7. The molecule has 3 heterocycles. The Morgan fingerprint density at radius 3 is 2.90 bits per heavy atom. The molecule has 0 aromatic carbocycles.